The van der Waals surface area contributed by atoms with Gasteiger partial charge >= 0.3 is 5.97 Å². The molecule has 206 valence electrons. The first kappa shape index (κ1) is 27.5. The molecule has 0 spiro atoms. The molecule has 0 saturated heterocycles. The van der Waals surface area contributed by atoms with Crippen LogP contribution in [0.25, 0.3) is 28.0 Å². The maximum absolute atomic E-state index is 13.8. The lowest BCUT2D eigenvalue weighted by molar-refractivity contribution is -0.389. The number of hydrogen-bond acceptors (Lipinski definition) is 7. The highest BCUT2D eigenvalue weighted by Gasteiger charge is 2.39. The van der Waals surface area contributed by atoms with E-state index in [0.29, 0.717) is 54.3 Å². The highest BCUT2D eigenvalue weighted by molar-refractivity contribution is 6.30. The monoisotopic (exact) mass is 553 g/mol. The van der Waals surface area contributed by atoms with Crippen LogP contribution < -0.4 is 5.32 Å². The van der Waals surface area contributed by atoms with Crippen LogP contribution in [-0.2, 0) is 20.2 Å². The summed E-state index contributed by atoms with van der Waals surface area (Å²) in [6.45, 7) is 6.63. The number of rotatable bonds is 11. The zero-order valence-corrected chi connectivity index (χ0v) is 23.2. The van der Waals surface area contributed by atoms with Crippen LogP contribution in [0.3, 0.4) is 0 Å². The Labute approximate surface area is 232 Å². The highest BCUT2D eigenvalue weighted by atomic mass is 35.5. The van der Waals surface area contributed by atoms with Gasteiger partial charge < -0.3 is 19.5 Å². The molecule has 0 unspecified atom stereocenters. The number of aromatic nitrogens is 4. The van der Waals surface area contributed by atoms with Gasteiger partial charge in [0.2, 0.25) is 5.95 Å². The van der Waals surface area contributed by atoms with Crippen molar-refractivity contribution in [3.8, 4) is 22.5 Å². The highest BCUT2D eigenvalue weighted by Crippen LogP contribution is 2.40. The van der Waals surface area contributed by atoms with E-state index in [1.54, 1.807) is 22.8 Å². The minimum absolute atomic E-state index is 0.274. The predicted molar refractivity (Wildman–Crippen MR) is 149 cm³/mol. The summed E-state index contributed by atoms with van der Waals surface area (Å²) in [5, 5.41) is 8.63. The quantitative estimate of drug-likeness (QED) is 0.161. The van der Waals surface area contributed by atoms with Gasteiger partial charge in [-0.3, -0.25) is 0 Å². The van der Waals surface area contributed by atoms with Gasteiger partial charge in [-0.15, -0.1) is 0 Å². The predicted octanol–water partition coefficient (Wildman–Crippen LogP) is 6.83. The molecule has 1 N–H and O–H groups in total. The average Bonchev–Trinajstić information content (AvgIpc) is 3.58. The molecule has 0 bridgehead atoms. The van der Waals surface area contributed by atoms with Crippen molar-refractivity contribution in [3.05, 3.63) is 65.2 Å². The van der Waals surface area contributed by atoms with Crippen molar-refractivity contribution in [2.24, 2.45) is 0 Å². The molecule has 1 fully saturated rings. The third kappa shape index (κ3) is 5.49. The zero-order valence-electron chi connectivity index (χ0n) is 22.4. The van der Waals surface area contributed by atoms with E-state index in [1.165, 1.54) is 25.0 Å². The fraction of sp³-hybridized carbons (Fsp3) is 0.414. The first-order valence-electron chi connectivity index (χ1n) is 13.5. The van der Waals surface area contributed by atoms with Gasteiger partial charge in [-0.05, 0) is 76.1 Å². The van der Waals surface area contributed by atoms with Crippen molar-refractivity contribution in [1.82, 2.24) is 19.6 Å². The molecule has 1 saturated carbocycles. The third-order valence-corrected chi connectivity index (χ3v) is 7.15. The normalized spacial score (nSPS) is 14.4. The molecule has 3 heterocycles. The molecular formula is C29H33ClFN5O3. The van der Waals surface area contributed by atoms with Crippen LogP contribution in [0.1, 0.15) is 52.0 Å². The largest absolute Gasteiger partial charge is 0.351 e. The fourth-order valence-corrected chi connectivity index (χ4v) is 5.43. The summed E-state index contributed by atoms with van der Waals surface area (Å²) in [7, 11) is 0. The Bertz CT molecular complexity index is 1410. The van der Waals surface area contributed by atoms with E-state index in [9.17, 15) is 4.39 Å². The number of nitrogens with one attached hydrogen (secondary N) is 1. The van der Waals surface area contributed by atoms with E-state index < -0.39 is 5.97 Å². The number of nitrogens with zero attached hydrogens (tertiary/aromatic N) is 4. The Kier molecular flexibility index (Phi) is 8.42. The Morgan fingerprint density at radius 1 is 0.974 bits per heavy atom. The Balaban J connectivity index is 1.70. The molecule has 39 heavy (non-hydrogen) atoms. The zero-order chi connectivity index (χ0) is 27.4. The minimum atomic E-state index is -1.49. The standard InChI is InChI=1S/C29H33ClFN5O3/c1-4-37-29(38-5-2,39-6-3)22-15-16-24-25(23-17-18-32-28(34-23)33-21-9-7-8-10-21)26(35-36(24)27(22)30)19-11-13-20(31)14-12-19/h11-18,21H,4-10H2,1-3H3,(H,32,33,34). The second kappa shape index (κ2) is 12.0. The molecule has 10 heteroatoms. The van der Waals surface area contributed by atoms with Crippen molar-refractivity contribution in [2.45, 2.75) is 58.5 Å². The molecule has 0 amide bonds. The number of hydrogen-bond donors (Lipinski definition) is 1. The summed E-state index contributed by atoms with van der Waals surface area (Å²) in [4.78, 5) is 9.31. The van der Waals surface area contributed by atoms with Crippen molar-refractivity contribution in [1.29, 1.82) is 0 Å². The minimum Gasteiger partial charge on any atom is -0.351 e. The molecule has 1 aromatic carbocycles. The van der Waals surface area contributed by atoms with Crippen LogP contribution in [0.15, 0.2) is 48.7 Å². The molecular weight excluding hydrogens is 521 g/mol. The summed E-state index contributed by atoms with van der Waals surface area (Å²) >= 11 is 7.02. The molecule has 8 nitrogen and oxygen atoms in total. The van der Waals surface area contributed by atoms with Crippen LogP contribution >= 0.6 is 11.6 Å². The van der Waals surface area contributed by atoms with Gasteiger partial charge in [0.1, 0.15) is 16.7 Å². The summed E-state index contributed by atoms with van der Waals surface area (Å²) in [6, 6.07) is 12.1. The van der Waals surface area contributed by atoms with Crippen molar-refractivity contribution < 1.29 is 18.6 Å². The van der Waals surface area contributed by atoms with E-state index in [1.807, 2.05) is 39.0 Å². The van der Waals surface area contributed by atoms with E-state index in [2.05, 4.69) is 10.3 Å². The van der Waals surface area contributed by atoms with Gasteiger partial charge in [-0.1, -0.05) is 24.4 Å². The molecule has 0 radical (unpaired) electrons. The molecule has 3 aromatic heterocycles. The first-order valence-corrected chi connectivity index (χ1v) is 13.9. The lowest BCUT2D eigenvalue weighted by Crippen LogP contribution is -2.37. The van der Waals surface area contributed by atoms with Crippen LogP contribution in [0, 0.1) is 5.82 Å². The molecule has 4 aromatic rings. The summed E-state index contributed by atoms with van der Waals surface area (Å²) in [5.41, 5.74) is 3.97. The van der Waals surface area contributed by atoms with Gasteiger partial charge in [-0.2, -0.15) is 5.10 Å². The number of halogens is 2. The molecule has 5 rings (SSSR count). The van der Waals surface area contributed by atoms with E-state index in [4.69, 9.17) is 35.9 Å². The molecule has 1 aliphatic rings. The van der Waals surface area contributed by atoms with E-state index in [-0.39, 0.29) is 11.0 Å². The fourth-order valence-electron chi connectivity index (χ4n) is 5.12. The number of fused-ring (bicyclic) bond motifs is 1. The number of ether oxygens (including phenoxy) is 3. The second-order valence-corrected chi connectivity index (χ2v) is 9.67. The smallest absolute Gasteiger partial charge is 0.315 e. The van der Waals surface area contributed by atoms with Gasteiger partial charge in [0, 0.05) is 37.6 Å². The second-order valence-electron chi connectivity index (χ2n) is 9.31. The maximum atomic E-state index is 13.8. The van der Waals surface area contributed by atoms with Gasteiger partial charge in [0.25, 0.3) is 0 Å². The average molecular weight is 554 g/mol. The number of pyridine rings is 1. The van der Waals surface area contributed by atoms with Crippen molar-refractivity contribution in [2.75, 3.05) is 25.1 Å². The summed E-state index contributed by atoms with van der Waals surface area (Å²) < 4.78 is 33.4. The van der Waals surface area contributed by atoms with Crippen LogP contribution in [-0.4, -0.2) is 45.4 Å². The Morgan fingerprint density at radius 3 is 2.28 bits per heavy atom. The Morgan fingerprint density at radius 2 is 1.64 bits per heavy atom. The lowest BCUT2D eigenvalue weighted by atomic mass is 10.0. The summed E-state index contributed by atoms with van der Waals surface area (Å²) in [6.07, 6.45) is 6.34. The van der Waals surface area contributed by atoms with Gasteiger partial charge in [0.05, 0.1) is 22.3 Å². The van der Waals surface area contributed by atoms with E-state index in [0.717, 1.165) is 24.0 Å². The molecule has 0 atom stereocenters. The van der Waals surface area contributed by atoms with Crippen LogP contribution in [0.5, 0.6) is 0 Å². The Hall–Kier alpha value is -3.11. The number of anilines is 1. The van der Waals surface area contributed by atoms with Crippen LogP contribution in [0.2, 0.25) is 5.15 Å². The maximum Gasteiger partial charge on any atom is 0.315 e. The lowest BCUT2D eigenvalue weighted by Gasteiger charge is -2.33. The van der Waals surface area contributed by atoms with E-state index >= 15 is 0 Å². The SMILES string of the molecule is CCOC(OCC)(OCC)c1ccc2c(-c3ccnc(NC4CCCC4)n3)c(-c3ccc(F)cc3)nn2c1Cl. The third-order valence-electron chi connectivity index (χ3n) is 6.79. The topological polar surface area (TPSA) is 82.8 Å². The number of benzene rings is 1. The molecule has 1 aliphatic carbocycles. The molecule has 0 aliphatic heterocycles. The van der Waals surface area contributed by atoms with Gasteiger partial charge in [0.15, 0.2) is 0 Å². The van der Waals surface area contributed by atoms with Crippen molar-refractivity contribution in [3.63, 3.8) is 0 Å². The van der Waals surface area contributed by atoms with Crippen LogP contribution in [0.4, 0.5) is 10.3 Å². The first-order chi connectivity index (χ1) is 19.0. The summed E-state index contributed by atoms with van der Waals surface area (Å²) in [5.74, 6) is -1.25. The van der Waals surface area contributed by atoms with Crippen molar-refractivity contribution >= 4 is 23.1 Å². The van der Waals surface area contributed by atoms with Gasteiger partial charge in [-0.25, -0.2) is 18.9 Å².